The van der Waals surface area contributed by atoms with Crippen molar-refractivity contribution in [2.24, 2.45) is 0 Å². The Morgan fingerprint density at radius 2 is 1.91 bits per heavy atom. The van der Waals surface area contributed by atoms with Crippen LogP contribution in [-0.4, -0.2) is 30.1 Å². The predicted octanol–water partition coefficient (Wildman–Crippen LogP) is -1.17. The van der Waals surface area contributed by atoms with Crippen LogP contribution in [-0.2, 0) is 14.7 Å². The van der Waals surface area contributed by atoms with E-state index in [1.807, 2.05) is 0 Å². The number of rotatable bonds is 5. The summed E-state index contributed by atoms with van der Waals surface area (Å²) in [4.78, 5) is 20.4. The zero-order valence-electron chi connectivity index (χ0n) is 6.00. The highest BCUT2D eigenvalue weighted by Crippen LogP contribution is 1.87. The summed E-state index contributed by atoms with van der Waals surface area (Å²) < 4.78 is 0. The van der Waals surface area contributed by atoms with Crippen molar-refractivity contribution in [2.75, 3.05) is 13.2 Å². The average Bonchev–Trinajstić information content (AvgIpc) is 1.97. The van der Waals surface area contributed by atoms with Gasteiger partial charge in [0.25, 0.3) is 0 Å². The molecule has 0 unspecified atom stereocenters. The molecule has 0 aromatic heterocycles. The van der Waals surface area contributed by atoms with Gasteiger partial charge in [0.2, 0.25) is 5.91 Å². The Balaban J connectivity index is 3.30. The summed E-state index contributed by atoms with van der Waals surface area (Å²) in [5.41, 5.74) is 0. The molecular weight excluding hydrogens is 150 g/mol. The third-order valence-corrected chi connectivity index (χ3v) is 0.990. The molecule has 0 spiro atoms. The fourth-order valence-electron chi connectivity index (χ4n) is 0.499. The molecule has 0 saturated heterocycles. The molecular formula is C6H10NO4. The van der Waals surface area contributed by atoms with Crippen molar-refractivity contribution in [3.8, 4) is 0 Å². The highest BCUT2D eigenvalue weighted by atomic mass is 16.4. The van der Waals surface area contributed by atoms with Crippen LogP contribution < -0.4 is 5.32 Å². The lowest BCUT2D eigenvalue weighted by Gasteiger charge is -1.99. The van der Waals surface area contributed by atoms with Crippen LogP contribution in [0.1, 0.15) is 12.8 Å². The second kappa shape index (κ2) is 5.67. The van der Waals surface area contributed by atoms with Crippen LogP contribution in [0.2, 0.25) is 0 Å². The van der Waals surface area contributed by atoms with Crippen molar-refractivity contribution < 1.29 is 19.8 Å². The van der Waals surface area contributed by atoms with Gasteiger partial charge in [-0.25, -0.2) is 9.90 Å². The van der Waals surface area contributed by atoms with Crippen LogP contribution in [0.25, 0.3) is 0 Å². The van der Waals surface area contributed by atoms with Gasteiger partial charge in [-0.2, -0.15) is 0 Å². The summed E-state index contributed by atoms with van der Waals surface area (Å²) in [6.07, 6.45) is -0.375. The van der Waals surface area contributed by atoms with Crippen molar-refractivity contribution in [3.05, 3.63) is 0 Å². The smallest absolute Gasteiger partial charge is 0.356 e. The van der Waals surface area contributed by atoms with E-state index in [2.05, 4.69) is 5.32 Å². The first-order valence-electron chi connectivity index (χ1n) is 3.24. The lowest BCUT2D eigenvalue weighted by atomic mass is 10.3. The van der Waals surface area contributed by atoms with Crippen LogP contribution >= 0.6 is 0 Å². The molecule has 11 heavy (non-hydrogen) atoms. The molecule has 63 valence electrons. The molecule has 0 fully saturated rings. The lowest BCUT2D eigenvalue weighted by molar-refractivity contribution is -0.144. The third-order valence-electron chi connectivity index (χ3n) is 0.990. The van der Waals surface area contributed by atoms with Crippen LogP contribution in [0.4, 0.5) is 0 Å². The maximum Gasteiger partial charge on any atom is 0.356 e. The van der Waals surface area contributed by atoms with E-state index in [4.69, 9.17) is 5.11 Å². The Kier molecular flexibility index (Phi) is 5.10. The zero-order valence-corrected chi connectivity index (χ0v) is 6.00. The molecule has 0 aliphatic rings. The normalized spacial score (nSPS) is 9.18. The molecule has 0 saturated carbocycles. The number of amides is 1. The van der Waals surface area contributed by atoms with E-state index in [0.29, 0.717) is 0 Å². The standard InChI is InChI=1S/C6H10NO4/c8-4-3-7-5(9)1-2-6(10)11/h8H,1-4H2,(H,7,9). The minimum Gasteiger partial charge on any atom is -0.395 e. The fourth-order valence-corrected chi connectivity index (χ4v) is 0.499. The molecule has 0 heterocycles. The maximum atomic E-state index is 10.6. The Bertz CT molecular complexity index is 146. The van der Waals surface area contributed by atoms with Crippen LogP contribution in [0, 0.1) is 0 Å². The van der Waals surface area contributed by atoms with Crippen LogP contribution in [0.3, 0.4) is 0 Å². The fraction of sp³-hybridized carbons (Fsp3) is 0.667. The van der Waals surface area contributed by atoms with Crippen molar-refractivity contribution >= 4 is 11.9 Å². The maximum absolute atomic E-state index is 10.6. The second-order valence-electron chi connectivity index (χ2n) is 1.95. The van der Waals surface area contributed by atoms with E-state index < -0.39 is 5.97 Å². The number of aliphatic hydroxyl groups excluding tert-OH is 1. The molecule has 2 N–H and O–H groups in total. The third kappa shape index (κ3) is 6.79. The van der Waals surface area contributed by atoms with Gasteiger partial charge in [-0.05, 0) is 0 Å². The van der Waals surface area contributed by atoms with Gasteiger partial charge in [-0.1, -0.05) is 0 Å². The summed E-state index contributed by atoms with van der Waals surface area (Å²) in [7, 11) is 0. The van der Waals surface area contributed by atoms with Gasteiger partial charge < -0.3 is 10.4 Å². The van der Waals surface area contributed by atoms with Crippen LogP contribution in [0.15, 0.2) is 0 Å². The van der Waals surface area contributed by atoms with Gasteiger partial charge in [0.15, 0.2) is 0 Å². The van der Waals surface area contributed by atoms with Crippen LogP contribution in [0.5, 0.6) is 0 Å². The minimum absolute atomic E-state index is 0.0949. The van der Waals surface area contributed by atoms with E-state index >= 15 is 0 Å². The summed E-state index contributed by atoms with van der Waals surface area (Å²) in [5.74, 6) is -1.63. The number of carbonyl (C=O) groups is 2. The molecule has 5 nitrogen and oxygen atoms in total. The number of hydrogen-bond acceptors (Lipinski definition) is 3. The quantitative estimate of drug-likeness (QED) is 0.531. The number of aliphatic hydroxyl groups is 1. The SMILES string of the molecule is [O]C(=O)CCC(=O)NCCO. The molecule has 1 radical (unpaired) electrons. The van der Waals surface area contributed by atoms with E-state index in [-0.39, 0.29) is 31.9 Å². The first-order valence-corrected chi connectivity index (χ1v) is 3.24. The highest BCUT2D eigenvalue weighted by molar-refractivity contribution is 5.80. The molecule has 0 aliphatic heterocycles. The molecule has 0 aromatic rings. The highest BCUT2D eigenvalue weighted by Gasteiger charge is 2.04. The lowest BCUT2D eigenvalue weighted by Crippen LogP contribution is -2.26. The van der Waals surface area contributed by atoms with Crippen molar-refractivity contribution in [3.63, 3.8) is 0 Å². The van der Waals surface area contributed by atoms with Gasteiger partial charge in [-0.15, -0.1) is 0 Å². The molecule has 0 rings (SSSR count). The van der Waals surface area contributed by atoms with E-state index in [1.54, 1.807) is 0 Å². The van der Waals surface area contributed by atoms with Gasteiger partial charge in [0.1, 0.15) is 0 Å². The van der Waals surface area contributed by atoms with Gasteiger partial charge >= 0.3 is 5.97 Å². The largest absolute Gasteiger partial charge is 0.395 e. The Labute approximate surface area is 64.0 Å². The van der Waals surface area contributed by atoms with E-state index in [1.165, 1.54) is 0 Å². The minimum atomic E-state index is -1.25. The molecule has 0 aliphatic carbocycles. The number of hydrogen-bond donors (Lipinski definition) is 2. The predicted molar refractivity (Wildman–Crippen MR) is 35.0 cm³/mol. The number of nitrogens with one attached hydrogen (secondary N) is 1. The summed E-state index contributed by atoms with van der Waals surface area (Å²) >= 11 is 0. The second-order valence-corrected chi connectivity index (χ2v) is 1.95. The molecule has 0 aromatic carbocycles. The van der Waals surface area contributed by atoms with Gasteiger partial charge in [0, 0.05) is 13.0 Å². The first-order chi connectivity index (χ1) is 5.16. The summed E-state index contributed by atoms with van der Waals surface area (Å²) in [6.45, 7) is 0.0168. The van der Waals surface area contributed by atoms with Crippen molar-refractivity contribution in [2.45, 2.75) is 12.8 Å². The van der Waals surface area contributed by atoms with Gasteiger partial charge in [0.05, 0.1) is 13.0 Å². The monoisotopic (exact) mass is 160 g/mol. The summed E-state index contributed by atoms with van der Waals surface area (Å²) in [5, 5.41) is 20.4. The zero-order chi connectivity index (χ0) is 8.69. The summed E-state index contributed by atoms with van der Waals surface area (Å²) in [6, 6.07) is 0. The first kappa shape index (κ1) is 9.90. The molecule has 0 bridgehead atoms. The Morgan fingerprint density at radius 3 is 2.36 bits per heavy atom. The molecule has 1 amide bonds. The van der Waals surface area contributed by atoms with E-state index in [9.17, 15) is 14.7 Å². The topological polar surface area (TPSA) is 86.3 Å². The van der Waals surface area contributed by atoms with Crippen molar-refractivity contribution in [1.82, 2.24) is 5.32 Å². The molecule has 5 heteroatoms. The molecule has 0 atom stereocenters. The van der Waals surface area contributed by atoms with Gasteiger partial charge in [-0.3, -0.25) is 4.79 Å². The van der Waals surface area contributed by atoms with E-state index in [0.717, 1.165) is 0 Å². The Hall–Kier alpha value is -1.10. The number of carbonyl (C=O) groups excluding carboxylic acids is 2. The Morgan fingerprint density at radius 1 is 1.27 bits per heavy atom. The van der Waals surface area contributed by atoms with Crippen molar-refractivity contribution in [1.29, 1.82) is 0 Å². The average molecular weight is 160 g/mol.